The zero-order chi connectivity index (χ0) is 20.1. The number of sulfonamides is 1. The fraction of sp³-hybridized carbons (Fsp3) is 0.300. The molecule has 0 saturated carbocycles. The largest absolute Gasteiger partial charge is 0.497 e. The van der Waals surface area contributed by atoms with Crippen LogP contribution in [0.2, 0.25) is 0 Å². The van der Waals surface area contributed by atoms with Crippen LogP contribution in [0, 0.1) is 5.92 Å². The first-order valence-electron chi connectivity index (χ1n) is 9.06. The van der Waals surface area contributed by atoms with E-state index in [1.807, 2.05) is 18.2 Å². The fourth-order valence-electron chi connectivity index (χ4n) is 2.61. The predicted octanol–water partition coefficient (Wildman–Crippen LogP) is 3.90. The first-order valence-corrected chi connectivity index (χ1v) is 10.5. The van der Waals surface area contributed by atoms with Crippen molar-refractivity contribution in [3.8, 4) is 5.75 Å². The highest BCUT2D eigenvalue weighted by atomic mass is 32.2. The van der Waals surface area contributed by atoms with Crippen molar-refractivity contribution in [3.05, 3.63) is 48.5 Å². The van der Waals surface area contributed by atoms with Crippen molar-refractivity contribution >= 4 is 32.7 Å². The number of para-hydroxylation sites is 2. The second kappa shape index (κ2) is 8.43. The number of ether oxygens (including phenoxy) is 1. The van der Waals surface area contributed by atoms with Crippen LogP contribution in [0.1, 0.15) is 20.3 Å². The van der Waals surface area contributed by atoms with Crippen LogP contribution in [0.5, 0.6) is 5.75 Å². The zero-order valence-electron chi connectivity index (χ0n) is 16.1. The normalized spacial score (nSPS) is 11.6. The van der Waals surface area contributed by atoms with Gasteiger partial charge in [-0.1, -0.05) is 26.0 Å². The lowest BCUT2D eigenvalue weighted by Crippen LogP contribution is -2.17. The number of nitrogens with one attached hydrogen (secondary N) is 2. The highest BCUT2D eigenvalue weighted by molar-refractivity contribution is 7.92. The summed E-state index contributed by atoms with van der Waals surface area (Å²) in [6.45, 7) is 4.92. The number of benzene rings is 2. The molecular weight excluding hydrogens is 376 g/mol. The van der Waals surface area contributed by atoms with E-state index in [0.717, 1.165) is 6.42 Å². The van der Waals surface area contributed by atoms with Crippen LogP contribution < -0.4 is 14.8 Å². The number of hydrogen-bond acceptors (Lipinski definition) is 6. The highest BCUT2D eigenvalue weighted by Crippen LogP contribution is 2.25. The van der Waals surface area contributed by atoms with E-state index in [-0.39, 0.29) is 10.7 Å². The second-order valence-corrected chi connectivity index (χ2v) is 8.48. The van der Waals surface area contributed by atoms with Crippen molar-refractivity contribution in [1.82, 2.24) is 9.97 Å². The van der Waals surface area contributed by atoms with Crippen molar-refractivity contribution in [2.24, 2.45) is 5.92 Å². The van der Waals surface area contributed by atoms with E-state index in [1.165, 1.54) is 19.2 Å². The number of nitrogens with zero attached hydrogens (tertiary/aromatic N) is 2. The van der Waals surface area contributed by atoms with Crippen molar-refractivity contribution < 1.29 is 13.2 Å². The number of rotatable bonds is 8. The Morgan fingerprint density at radius 2 is 1.57 bits per heavy atom. The first kappa shape index (κ1) is 19.9. The highest BCUT2D eigenvalue weighted by Gasteiger charge is 2.19. The molecule has 0 spiro atoms. The Kier molecular flexibility index (Phi) is 5.99. The molecule has 0 fully saturated rings. The molecule has 0 atom stereocenters. The predicted molar refractivity (Wildman–Crippen MR) is 111 cm³/mol. The molecule has 0 radical (unpaired) electrons. The van der Waals surface area contributed by atoms with Crippen LogP contribution in [-0.4, -0.2) is 32.0 Å². The average molecular weight is 401 g/mol. The van der Waals surface area contributed by atoms with Gasteiger partial charge in [0, 0.05) is 6.54 Å². The van der Waals surface area contributed by atoms with E-state index < -0.39 is 10.0 Å². The molecule has 0 bridgehead atoms. The molecule has 1 aromatic heterocycles. The van der Waals surface area contributed by atoms with E-state index in [1.54, 1.807) is 18.2 Å². The van der Waals surface area contributed by atoms with E-state index in [4.69, 9.17) is 4.74 Å². The van der Waals surface area contributed by atoms with Gasteiger partial charge >= 0.3 is 0 Å². The third kappa shape index (κ3) is 4.69. The molecule has 0 unspecified atom stereocenters. The Hall–Kier alpha value is -2.87. The summed E-state index contributed by atoms with van der Waals surface area (Å²) in [7, 11) is -2.29. The van der Waals surface area contributed by atoms with Gasteiger partial charge in [0.1, 0.15) is 5.75 Å². The molecule has 8 heteroatoms. The molecule has 0 aliphatic rings. The van der Waals surface area contributed by atoms with Crippen LogP contribution >= 0.6 is 0 Å². The van der Waals surface area contributed by atoms with Crippen LogP contribution in [0.4, 0.5) is 11.6 Å². The lowest BCUT2D eigenvalue weighted by atomic mass is 10.1. The molecule has 3 aromatic rings. The number of aromatic nitrogens is 2. The van der Waals surface area contributed by atoms with Gasteiger partial charge in [0.25, 0.3) is 10.0 Å². The maximum atomic E-state index is 12.8. The summed E-state index contributed by atoms with van der Waals surface area (Å²) < 4.78 is 33.3. The molecule has 28 heavy (non-hydrogen) atoms. The monoisotopic (exact) mass is 400 g/mol. The maximum absolute atomic E-state index is 12.8. The van der Waals surface area contributed by atoms with Crippen LogP contribution in [-0.2, 0) is 10.0 Å². The lowest BCUT2D eigenvalue weighted by molar-refractivity contribution is 0.414. The molecule has 0 saturated heterocycles. The quantitative estimate of drug-likeness (QED) is 0.596. The molecule has 2 aromatic carbocycles. The average Bonchev–Trinajstić information content (AvgIpc) is 2.68. The standard InChI is InChI=1S/C20H24N4O3S/c1-14(2)12-13-21-19-20(23-18-7-5-4-6-17(18)22-19)24-28(25,26)16-10-8-15(27-3)9-11-16/h4-11,14H,12-13H2,1-3H3,(H,21,22)(H,23,24). The van der Waals surface area contributed by atoms with Gasteiger partial charge in [-0.3, -0.25) is 4.72 Å². The Bertz CT molecular complexity index is 1050. The second-order valence-electron chi connectivity index (χ2n) is 6.80. The molecule has 0 amide bonds. The fourth-order valence-corrected chi connectivity index (χ4v) is 3.62. The summed E-state index contributed by atoms with van der Waals surface area (Å²) in [5, 5.41) is 3.21. The number of anilines is 2. The third-order valence-corrected chi connectivity index (χ3v) is 5.54. The van der Waals surface area contributed by atoms with Crippen molar-refractivity contribution in [1.29, 1.82) is 0 Å². The molecular formula is C20H24N4O3S. The molecule has 1 heterocycles. The summed E-state index contributed by atoms with van der Waals surface area (Å²) in [5.41, 5.74) is 1.31. The molecule has 2 N–H and O–H groups in total. The van der Waals surface area contributed by atoms with Gasteiger partial charge in [-0.15, -0.1) is 0 Å². The van der Waals surface area contributed by atoms with Gasteiger partial charge in [0.15, 0.2) is 11.6 Å². The van der Waals surface area contributed by atoms with Crippen LogP contribution in [0.15, 0.2) is 53.4 Å². The Labute approximate surface area is 165 Å². The van der Waals surface area contributed by atoms with E-state index >= 15 is 0 Å². The van der Waals surface area contributed by atoms with Gasteiger partial charge in [0.2, 0.25) is 0 Å². The van der Waals surface area contributed by atoms with E-state index in [2.05, 4.69) is 33.9 Å². The summed E-state index contributed by atoms with van der Waals surface area (Å²) in [4.78, 5) is 9.16. The Morgan fingerprint density at radius 3 is 2.14 bits per heavy atom. The molecule has 148 valence electrons. The van der Waals surface area contributed by atoms with Crippen LogP contribution in [0.25, 0.3) is 11.0 Å². The summed E-state index contributed by atoms with van der Waals surface area (Å²) >= 11 is 0. The maximum Gasteiger partial charge on any atom is 0.263 e. The van der Waals surface area contributed by atoms with Crippen molar-refractivity contribution in [2.45, 2.75) is 25.2 Å². The minimum atomic E-state index is -3.82. The van der Waals surface area contributed by atoms with Gasteiger partial charge in [-0.25, -0.2) is 18.4 Å². The number of methoxy groups -OCH3 is 1. The third-order valence-electron chi connectivity index (χ3n) is 4.19. The van der Waals surface area contributed by atoms with Gasteiger partial charge in [-0.2, -0.15) is 0 Å². The van der Waals surface area contributed by atoms with Crippen molar-refractivity contribution in [3.63, 3.8) is 0 Å². The minimum Gasteiger partial charge on any atom is -0.497 e. The summed E-state index contributed by atoms with van der Waals surface area (Å²) in [6.07, 6.45) is 0.930. The molecule has 7 nitrogen and oxygen atoms in total. The van der Waals surface area contributed by atoms with Gasteiger partial charge in [-0.05, 0) is 48.7 Å². The lowest BCUT2D eigenvalue weighted by Gasteiger charge is -2.14. The zero-order valence-corrected chi connectivity index (χ0v) is 17.0. The summed E-state index contributed by atoms with van der Waals surface area (Å²) in [5.74, 6) is 1.69. The van der Waals surface area contributed by atoms with Crippen LogP contribution in [0.3, 0.4) is 0 Å². The van der Waals surface area contributed by atoms with Crippen molar-refractivity contribution in [2.75, 3.05) is 23.7 Å². The SMILES string of the molecule is COc1ccc(S(=O)(=O)Nc2nc3ccccc3nc2NCCC(C)C)cc1. The number of fused-ring (bicyclic) bond motifs is 1. The van der Waals surface area contributed by atoms with Gasteiger partial charge < -0.3 is 10.1 Å². The minimum absolute atomic E-state index is 0.122. The molecule has 0 aliphatic heterocycles. The molecule has 3 rings (SSSR count). The smallest absolute Gasteiger partial charge is 0.263 e. The van der Waals surface area contributed by atoms with E-state index in [9.17, 15) is 8.42 Å². The topological polar surface area (TPSA) is 93.2 Å². The van der Waals surface area contributed by atoms with Gasteiger partial charge in [0.05, 0.1) is 23.0 Å². The van der Waals surface area contributed by atoms with E-state index in [0.29, 0.717) is 35.1 Å². The Morgan fingerprint density at radius 1 is 0.964 bits per heavy atom. The molecule has 0 aliphatic carbocycles. The summed E-state index contributed by atoms with van der Waals surface area (Å²) in [6, 6.07) is 13.5. The number of hydrogen-bond donors (Lipinski definition) is 2. The first-order chi connectivity index (χ1) is 13.4. The Balaban J connectivity index is 1.94.